The molecule has 0 aromatic heterocycles. The third-order valence-corrected chi connectivity index (χ3v) is 4.53. The summed E-state index contributed by atoms with van der Waals surface area (Å²) in [5, 5.41) is 1.16. The van der Waals surface area contributed by atoms with Crippen molar-refractivity contribution in [2.24, 2.45) is 0 Å². The van der Waals surface area contributed by atoms with Gasteiger partial charge in [-0.25, -0.2) is 14.7 Å². The van der Waals surface area contributed by atoms with E-state index in [1.165, 1.54) is 70.3 Å². The van der Waals surface area contributed by atoms with Crippen molar-refractivity contribution in [2.75, 3.05) is 51.9 Å². The van der Waals surface area contributed by atoms with Crippen LogP contribution in [0.5, 0.6) is 0 Å². The predicted octanol–water partition coefficient (Wildman–Crippen LogP) is 1.06. The van der Waals surface area contributed by atoms with Crippen LogP contribution in [0, 0.1) is 0 Å². The van der Waals surface area contributed by atoms with Crippen LogP contribution in [0.1, 0.15) is 19.3 Å². The second kappa shape index (κ2) is 4.53. The van der Waals surface area contributed by atoms with E-state index in [9.17, 15) is 0 Å². The Kier molecular flexibility index (Phi) is 3.23. The minimum Gasteiger partial charge on any atom is -0.286 e. The Labute approximate surface area is 106 Å². The molecule has 4 aliphatic heterocycles. The second-order valence-corrected chi connectivity index (χ2v) is 6.47. The molecular formula is C11H22BrN4+. The quantitative estimate of drug-likeness (QED) is 0.426. The summed E-state index contributed by atoms with van der Waals surface area (Å²) in [5.41, 5.74) is 0. The SMILES string of the molecule is BrCCCCC[N+]12CN3CN(CN(C3)C1)C2. The fraction of sp³-hybridized carbons (Fsp3) is 1.00. The topological polar surface area (TPSA) is 9.72 Å². The summed E-state index contributed by atoms with van der Waals surface area (Å²) in [6, 6.07) is 0. The molecule has 0 saturated carbocycles. The molecule has 0 amide bonds. The van der Waals surface area contributed by atoms with Gasteiger partial charge in [-0.3, -0.25) is 4.48 Å². The summed E-state index contributed by atoms with van der Waals surface area (Å²) < 4.78 is 1.31. The van der Waals surface area contributed by atoms with Crippen molar-refractivity contribution in [1.82, 2.24) is 14.7 Å². The van der Waals surface area contributed by atoms with Gasteiger partial charge >= 0.3 is 0 Å². The zero-order valence-electron chi connectivity index (χ0n) is 9.94. The summed E-state index contributed by atoms with van der Waals surface area (Å²) in [6.07, 6.45) is 4.10. The van der Waals surface area contributed by atoms with Crippen LogP contribution in [-0.2, 0) is 0 Å². The van der Waals surface area contributed by atoms with Crippen LogP contribution in [0.2, 0.25) is 0 Å². The molecule has 4 saturated heterocycles. The average molecular weight is 290 g/mol. The minimum atomic E-state index is 1.16. The van der Waals surface area contributed by atoms with E-state index in [1.54, 1.807) is 0 Å². The summed E-state index contributed by atoms with van der Waals surface area (Å²) >= 11 is 3.51. The third-order valence-electron chi connectivity index (χ3n) is 3.97. The van der Waals surface area contributed by atoms with Gasteiger partial charge in [-0.05, 0) is 19.3 Å². The van der Waals surface area contributed by atoms with E-state index in [0.29, 0.717) is 0 Å². The summed E-state index contributed by atoms with van der Waals surface area (Å²) in [7, 11) is 0. The van der Waals surface area contributed by atoms with E-state index in [0.717, 1.165) is 5.33 Å². The van der Waals surface area contributed by atoms with Crippen LogP contribution < -0.4 is 0 Å². The Balaban J connectivity index is 1.56. The van der Waals surface area contributed by atoms with E-state index in [1.807, 2.05) is 0 Å². The van der Waals surface area contributed by atoms with Crippen LogP contribution in [0.15, 0.2) is 0 Å². The van der Waals surface area contributed by atoms with Crippen molar-refractivity contribution in [3.05, 3.63) is 0 Å². The van der Waals surface area contributed by atoms with Gasteiger partial charge in [0.05, 0.1) is 26.6 Å². The molecule has 0 atom stereocenters. The minimum absolute atomic E-state index is 1.16. The zero-order chi connectivity index (χ0) is 11.0. The van der Waals surface area contributed by atoms with Gasteiger partial charge in [-0.2, -0.15) is 0 Å². The van der Waals surface area contributed by atoms with Crippen molar-refractivity contribution in [3.8, 4) is 0 Å². The molecule has 0 unspecified atom stereocenters. The van der Waals surface area contributed by atoms with Crippen LogP contribution in [0.3, 0.4) is 0 Å². The molecule has 5 heteroatoms. The lowest BCUT2D eigenvalue weighted by Crippen LogP contribution is -2.79. The van der Waals surface area contributed by atoms with Crippen LogP contribution in [0.25, 0.3) is 0 Å². The number of unbranched alkanes of at least 4 members (excludes halogenated alkanes) is 2. The Morgan fingerprint density at radius 3 is 1.88 bits per heavy atom. The average Bonchev–Trinajstić information content (AvgIpc) is 2.22. The number of quaternary nitrogens is 1. The van der Waals surface area contributed by atoms with Gasteiger partial charge in [0.2, 0.25) is 0 Å². The smallest absolute Gasteiger partial charge is 0.139 e. The van der Waals surface area contributed by atoms with E-state index in [-0.39, 0.29) is 0 Å². The van der Waals surface area contributed by atoms with Crippen molar-refractivity contribution < 1.29 is 4.48 Å². The lowest BCUT2D eigenvalue weighted by molar-refractivity contribution is -0.980. The number of hydrogen-bond acceptors (Lipinski definition) is 3. The maximum atomic E-state index is 3.51. The first-order valence-corrected chi connectivity index (χ1v) is 7.50. The van der Waals surface area contributed by atoms with E-state index in [4.69, 9.17) is 0 Å². The van der Waals surface area contributed by atoms with E-state index >= 15 is 0 Å². The molecule has 4 bridgehead atoms. The van der Waals surface area contributed by atoms with Crippen molar-refractivity contribution in [2.45, 2.75) is 19.3 Å². The second-order valence-electron chi connectivity index (χ2n) is 5.68. The largest absolute Gasteiger partial charge is 0.286 e. The fourth-order valence-corrected chi connectivity index (χ4v) is 3.99. The van der Waals surface area contributed by atoms with Crippen molar-refractivity contribution >= 4 is 15.9 Å². The molecule has 0 aromatic carbocycles. The molecule has 4 aliphatic rings. The van der Waals surface area contributed by atoms with Gasteiger partial charge in [-0.15, -0.1) is 0 Å². The first-order chi connectivity index (χ1) is 7.80. The molecule has 4 nitrogen and oxygen atoms in total. The molecule has 0 aliphatic carbocycles. The molecule has 4 heterocycles. The van der Waals surface area contributed by atoms with E-state index in [2.05, 4.69) is 30.6 Å². The highest BCUT2D eigenvalue weighted by molar-refractivity contribution is 9.09. The summed E-state index contributed by atoms with van der Waals surface area (Å²) in [5.74, 6) is 0. The monoisotopic (exact) mass is 289 g/mol. The van der Waals surface area contributed by atoms with Crippen LogP contribution in [-0.4, -0.2) is 71.1 Å². The van der Waals surface area contributed by atoms with Crippen LogP contribution in [0.4, 0.5) is 0 Å². The normalized spacial score (nSPS) is 45.2. The lowest BCUT2D eigenvalue weighted by atomic mass is 10.2. The number of hydrogen-bond donors (Lipinski definition) is 0. The maximum Gasteiger partial charge on any atom is 0.139 e. The van der Waals surface area contributed by atoms with Crippen molar-refractivity contribution in [1.29, 1.82) is 0 Å². The highest BCUT2D eigenvalue weighted by Crippen LogP contribution is 2.28. The lowest BCUT2D eigenvalue weighted by Gasteiger charge is -2.60. The van der Waals surface area contributed by atoms with Gasteiger partial charge in [0.25, 0.3) is 0 Å². The van der Waals surface area contributed by atoms with Crippen molar-refractivity contribution in [3.63, 3.8) is 0 Å². The van der Waals surface area contributed by atoms with E-state index < -0.39 is 0 Å². The fourth-order valence-electron chi connectivity index (χ4n) is 3.59. The molecule has 4 rings (SSSR count). The van der Waals surface area contributed by atoms with Crippen LogP contribution >= 0.6 is 15.9 Å². The summed E-state index contributed by atoms with van der Waals surface area (Å²) in [4.78, 5) is 7.79. The highest BCUT2D eigenvalue weighted by Gasteiger charge is 2.47. The van der Waals surface area contributed by atoms with Gasteiger partial charge in [0, 0.05) is 5.33 Å². The molecule has 0 spiro atoms. The Bertz CT molecular complexity index is 223. The molecular weight excluding hydrogens is 268 g/mol. The Morgan fingerprint density at radius 2 is 1.38 bits per heavy atom. The maximum absolute atomic E-state index is 3.51. The number of rotatable bonds is 5. The van der Waals surface area contributed by atoms with Gasteiger partial charge < -0.3 is 0 Å². The third kappa shape index (κ3) is 2.16. The molecule has 4 fully saturated rings. The first-order valence-electron chi connectivity index (χ1n) is 6.38. The first kappa shape index (κ1) is 11.4. The number of alkyl halides is 1. The molecule has 0 N–H and O–H groups in total. The molecule has 92 valence electrons. The Hall–Kier alpha value is 0.320. The molecule has 16 heavy (non-hydrogen) atoms. The predicted molar refractivity (Wildman–Crippen MR) is 67.5 cm³/mol. The van der Waals surface area contributed by atoms with Gasteiger partial charge in [0.1, 0.15) is 20.0 Å². The van der Waals surface area contributed by atoms with Gasteiger partial charge in [0.15, 0.2) is 0 Å². The highest BCUT2D eigenvalue weighted by atomic mass is 79.9. The van der Waals surface area contributed by atoms with Gasteiger partial charge in [-0.1, -0.05) is 15.9 Å². The standard InChI is InChI=1S/C11H22BrN4/c12-4-2-1-3-5-16-9-13-6-14(10-16)8-15(7-13)11-16/h1-11H2/q+1. The zero-order valence-corrected chi connectivity index (χ0v) is 11.5. The molecule has 0 radical (unpaired) electrons. The summed E-state index contributed by atoms with van der Waals surface area (Å²) in [6.45, 7) is 8.87. The number of halogens is 1. The number of nitrogens with zero attached hydrogens (tertiary/aromatic N) is 4. The molecule has 0 aromatic rings. The Morgan fingerprint density at radius 1 is 0.812 bits per heavy atom.